The van der Waals surface area contributed by atoms with Crippen molar-refractivity contribution in [2.75, 3.05) is 0 Å². The number of aromatic amines is 1. The van der Waals surface area contributed by atoms with Crippen LogP contribution in [-0.4, -0.2) is 56.7 Å². The van der Waals surface area contributed by atoms with Crippen LogP contribution in [-0.2, 0) is 12.8 Å². The Morgan fingerprint density at radius 3 is 2.39 bits per heavy atom. The monoisotopic (exact) mass is 590 g/mol. The minimum atomic E-state index is -2.57. The molecule has 10 heteroatoms. The van der Waals surface area contributed by atoms with E-state index in [2.05, 4.69) is 86.7 Å². The topological polar surface area (TPSA) is 107 Å². The molecule has 184 valence electrons. The minimum absolute atomic E-state index is 0.357. The van der Waals surface area contributed by atoms with Gasteiger partial charge in [0, 0.05) is 0 Å². The summed E-state index contributed by atoms with van der Waals surface area (Å²) in [6.07, 6.45) is 2.46. The van der Waals surface area contributed by atoms with Gasteiger partial charge in [-0.2, -0.15) is 0 Å². The first-order valence-corrected chi connectivity index (χ1v) is 22.0. The van der Waals surface area contributed by atoms with Crippen molar-refractivity contribution in [3.8, 4) is 22.5 Å². The first-order chi connectivity index (χ1) is 17.3. The SMILES string of the molecule is CCCc1nc(C)n2[nH]c(=O)nc2c1Cc1ccc(-c2ccccc2-c2nnn[n]2[Sn]([CH3])([CH3])[CH3])cc1. The van der Waals surface area contributed by atoms with Gasteiger partial charge < -0.3 is 0 Å². The van der Waals surface area contributed by atoms with Gasteiger partial charge in [0.15, 0.2) is 0 Å². The molecule has 36 heavy (non-hydrogen) atoms. The van der Waals surface area contributed by atoms with Crippen LogP contribution in [0.25, 0.3) is 28.2 Å². The van der Waals surface area contributed by atoms with E-state index in [0.29, 0.717) is 12.1 Å². The second kappa shape index (κ2) is 9.61. The predicted molar refractivity (Wildman–Crippen MR) is 143 cm³/mol. The maximum atomic E-state index is 12.0. The molecule has 0 aliphatic carbocycles. The third-order valence-corrected chi connectivity index (χ3v) is 10.8. The number of nitrogens with zero attached hydrogens (tertiary/aromatic N) is 7. The van der Waals surface area contributed by atoms with Gasteiger partial charge in [-0.3, -0.25) is 0 Å². The number of nitrogens with one attached hydrogen (secondary N) is 1. The molecule has 0 fully saturated rings. The number of fused-ring (bicyclic) bond motifs is 1. The molecule has 0 saturated carbocycles. The number of aryl methyl sites for hydroxylation is 2. The van der Waals surface area contributed by atoms with Crippen LogP contribution in [0, 0.1) is 6.92 Å². The third kappa shape index (κ3) is 4.59. The van der Waals surface area contributed by atoms with Crippen molar-refractivity contribution in [2.24, 2.45) is 0 Å². The summed E-state index contributed by atoms with van der Waals surface area (Å²) in [6, 6.07) is 16.8. The zero-order chi connectivity index (χ0) is 25.4. The zero-order valence-electron chi connectivity index (χ0n) is 21.3. The van der Waals surface area contributed by atoms with Gasteiger partial charge in [0.25, 0.3) is 0 Å². The van der Waals surface area contributed by atoms with Gasteiger partial charge in [0.1, 0.15) is 5.82 Å². The second-order valence-electron chi connectivity index (χ2n) is 10.0. The Morgan fingerprint density at radius 2 is 1.69 bits per heavy atom. The maximum absolute atomic E-state index is 12.0. The Labute approximate surface area is 213 Å². The third-order valence-electron chi connectivity index (χ3n) is 6.27. The van der Waals surface area contributed by atoms with Gasteiger partial charge in [0.05, 0.1) is 0 Å². The standard InChI is InChI=1S/C23H22N8O.3CH3.Sn/c1-3-6-20-19(22-25-23(32)28-31(22)14(2)24-20)13-15-9-11-16(12-10-15)17-7-4-5-8-18(17)21-26-29-30-27-21;;;;/h4-5,7-12H,3,6,13H2,1-2H3,(H2,26,27,28,29,30,32);3*1H3;/q;;;;+1/p-1. The summed E-state index contributed by atoms with van der Waals surface area (Å²) < 4.78 is 3.75. The van der Waals surface area contributed by atoms with E-state index in [9.17, 15) is 4.79 Å². The Bertz CT molecular complexity index is 1590. The van der Waals surface area contributed by atoms with Crippen molar-refractivity contribution < 1.29 is 0 Å². The van der Waals surface area contributed by atoms with Crippen LogP contribution >= 0.6 is 0 Å². The summed E-state index contributed by atoms with van der Waals surface area (Å²) in [4.78, 5) is 27.9. The molecule has 0 amide bonds. The van der Waals surface area contributed by atoms with Crippen molar-refractivity contribution in [1.29, 1.82) is 0 Å². The van der Waals surface area contributed by atoms with Gasteiger partial charge in [0.2, 0.25) is 0 Å². The van der Waals surface area contributed by atoms with Crippen LogP contribution in [0.5, 0.6) is 0 Å². The molecule has 0 atom stereocenters. The first-order valence-electron chi connectivity index (χ1n) is 12.2. The van der Waals surface area contributed by atoms with Gasteiger partial charge in [-0.15, -0.1) is 0 Å². The number of aromatic nitrogens is 8. The Balaban J connectivity index is 1.52. The van der Waals surface area contributed by atoms with E-state index in [-0.39, 0.29) is 5.69 Å². The van der Waals surface area contributed by atoms with Crippen LogP contribution in [0.2, 0.25) is 14.8 Å². The molecule has 0 unspecified atom stereocenters. The van der Waals surface area contributed by atoms with Crippen molar-refractivity contribution in [1.82, 2.24) is 38.0 Å². The van der Waals surface area contributed by atoms with Crippen LogP contribution in [0.3, 0.4) is 0 Å². The second-order valence-corrected chi connectivity index (χ2v) is 23.6. The molecule has 0 aliphatic rings. The van der Waals surface area contributed by atoms with E-state index in [0.717, 1.165) is 58.0 Å². The summed E-state index contributed by atoms with van der Waals surface area (Å²) in [6.45, 7) is 4.02. The van der Waals surface area contributed by atoms with Gasteiger partial charge >= 0.3 is 178 Å². The molecular weight excluding hydrogens is 559 g/mol. The molecular formula is C26H30N8OSn. The molecule has 0 saturated heterocycles. The zero-order valence-corrected chi connectivity index (χ0v) is 24.1. The molecule has 3 heterocycles. The average molecular weight is 589 g/mol. The molecule has 5 rings (SSSR count). The molecule has 2 aromatic carbocycles. The van der Waals surface area contributed by atoms with Gasteiger partial charge in [-0.25, -0.2) is 9.89 Å². The van der Waals surface area contributed by atoms with E-state index >= 15 is 0 Å². The number of H-pyrrole nitrogens is 1. The Morgan fingerprint density at radius 1 is 0.972 bits per heavy atom. The summed E-state index contributed by atoms with van der Waals surface area (Å²) in [5.41, 5.74) is 6.65. The predicted octanol–water partition coefficient (Wildman–Crippen LogP) is 4.27. The van der Waals surface area contributed by atoms with Gasteiger partial charge in [-0.1, -0.05) is 13.3 Å². The van der Waals surface area contributed by atoms with Gasteiger partial charge in [-0.05, 0) is 6.92 Å². The molecule has 9 nitrogen and oxygen atoms in total. The summed E-state index contributed by atoms with van der Waals surface area (Å²) in [7, 11) is 0. The fourth-order valence-corrected chi connectivity index (χ4v) is 7.73. The van der Waals surface area contributed by atoms with Crippen LogP contribution in [0.4, 0.5) is 0 Å². The average Bonchev–Trinajstić information content (AvgIpc) is 3.50. The van der Waals surface area contributed by atoms with E-state index in [4.69, 9.17) is 4.98 Å². The van der Waals surface area contributed by atoms with Crippen molar-refractivity contribution in [3.63, 3.8) is 0 Å². The fraction of sp³-hybridized carbons (Fsp3) is 0.308. The number of rotatable bonds is 7. The van der Waals surface area contributed by atoms with Crippen molar-refractivity contribution >= 4 is 24.3 Å². The quantitative estimate of drug-likeness (QED) is 0.285. The summed E-state index contributed by atoms with van der Waals surface area (Å²) in [5.74, 6) is 1.57. The first kappa shape index (κ1) is 24.4. The summed E-state index contributed by atoms with van der Waals surface area (Å²) >= 11 is -2.57. The van der Waals surface area contributed by atoms with Crippen molar-refractivity contribution in [2.45, 2.75) is 47.9 Å². The molecule has 0 aliphatic heterocycles. The molecule has 0 radical (unpaired) electrons. The fourth-order valence-electron chi connectivity index (χ4n) is 4.57. The Kier molecular flexibility index (Phi) is 6.50. The normalized spacial score (nSPS) is 11.9. The number of hydrogen-bond donors (Lipinski definition) is 1. The molecule has 5 aromatic rings. The number of hydrogen-bond acceptors (Lipinski definition) is 6. The van der Waals surface area contributed by atoms with E-state index in [1.54, 1.807) is 4.52 Å². The molecule has 0 bridgehead atoms. The van der Waals surface area contributed by atoms with E-state index in [1.807, 2.05) is 19.1 Å². The van der Waals surface area contributed by atoms with Crippen LogP contribution in [0.1, 0.15) is 36.0 Å². The number of tetrazole rings is 1. The van der Waals surface area contributed by atoms with E-state index < -0.39 is 18.7 Å². The van der Waals surface area contributed by atoms with E-state index in [1.165, 1.54) is 0 Å². The van der Waals surface area contributed by atoms with Crippen molar-refractivity contribution in [3.05, 3.63) is 81.7 Å². The summed E-state index contributed by atoms with van der Waals surface area (Å²) in [5, 5.41) is 15.5. The number of benzene rings is 2. The Hall–Kier alpha value is -3.34. The van der Waals surface area contributed by atoms with Crippen LogP contribution in [0.15, 0.2) is 53.3 Å². The van der Waals surface area contributed by atoms with Crippen LogP contribution < -0.4 is 5.69 Å². The molecule has 0 spiro atoms. The molecule has 1 N–H and O–H groups in total. The molecule has 3 aromatic heterocycles.